The van der Waals surface area contributed by atoms with Gasteiger partial charge in [-0.2, -0.15) is 0 Å². The highest BCUT2D eigenvalue weighted by Gasteiger charge is 2.44. The summed E-state index contributed by atoms with van der Waals surface area (Å²) in [4.78, 5) is 29.5. The van der Waals surface area contributed by atoms with Crippen molar-refractivity contribution in [3.05, 3.63) is 41.3 Å². The van der Waals surface area contributed by atoms with E-state index in [0.717, 1.165) is 0 Å². The first-order chi connectivity index (χ1) is 15.4. The van der Waals surface area contributed by atoms with Gasteiger partial charge in [0.15, 0.2) is 0 Å². The van der Waals surface area contributed by atoms with Gasteiger partial charge in [0.05, 0.1) is 39.1 Å². The number of benzene rings is 1. The number of carbonyl (C=O) groups is 2. The molecular weight excluding hydrogens is 416 g/mol. The first-order valence-electron chi connectivity index (χ1n) is 10.6. The molecule has 0 radical (unpaired) electrons. The molecule has 2 aliphatic heterocycles. The van der Waals surface area contributed by atoms with Crippen molar-refractivity contribution in [3.63, 3.8) is 0 Å². The molecule has 10 nitrogen and oxygen atoms in total. The van der Waals surface area contributed by atoms with Crippen molar-refractivity contribution in [2.24, 2.45) is 0 Å². The molecule has 172 valence electrons. The van der Waals surface area contributed by atoms with Crippen LogP contribution in [0, 0.1) is 13.8 Å². The van der Waals surface area contributed by atoms with E-state index < -0.39 is 5.79 Å². The lowest BCUT2D eigenvalue weighted by Gasteiger charge is -2.43. The number of aryl methyl sites for hydroxylation is 2. The third-order valence-corrected chi connectivity index (χ3v) is 5.67. The standard InChI is InChI=1S/C22H28N4O6/c1-15-19(16(2)32-24-15)20(27)25-8-5-10-30-22(13-25)14-26(9-11-31-22)21(28)23-17-6-4-7-18(12-17)29-3/h4,6-7,12H,5,8-11,13-14H2,1-3H3,(H,23,28). The highest BCUT2D eigenvalue weighted by molar-refractivity contribution is 5.96. The Morgan fingerprint density at radius 2 is 1.91 bits per heavy atom. The molecule has 2 saturated heterocycles. The van der Waals surface area contributed by atoms with E-state index in [0.29, 0.717) is 61.2 Å². The molecule has 0 aliphatic carbocycles. The number of nitrogens with zero attached hydrogens (tertiary/aromatic N) is 3. The zero-order valence-corrected chi connectivity index (χ0v) is 18.6. The van der Waals surface area contributed by atoms with Crippen LogP contribution in [0.2, 0.25) is 0 Å². The predicted molar refractivity (Wildman–Crippen MR) is 115 cm³/mol. The Kier molecular flexibility index (Phi) is 6.33. The molecule has 2 fully saturated rings. The lowest BCUT2D eigenvalue weighted by molar-refractivity contribution is -0.258. The van der Waals surface area contributed by atoms with Crippen LogP contribution in [0.15, 0.2) is 28.8 Å². The number of urea groups is 1. The van der Waals surface area contributed by atoms with Crippen LogP contribution in [0.25, 0.3) is 0 Å². The zero-order chi connectivity index (χ0) is 22.7. The number of morpholine rings is 1. The summed E-state index contributed by atoms with van der Waals surface area (Å²) in [6, 6.07) is 6.89. The number of anilines is 1. The fourth-order valence-electron chi connectivity index (χ4n) is 4.07. The van der Waals surface area contributed by atoms with Crippen LogP contribution >= 0.6 is 0 Å². The van der Waals surface area contributed by atoms with Crippen molar-refractivity contribution in [1.82, 2.24) is 15.0 Å². The second-order valence-electron chi connectivity index (χ2n) is 7.97. The molecule has 2 aliphatic rings. The third kappa shape index (κ3) is 4.56. The Bertz CT molecular complexity index is 973. The maximum absolute atomic E-state index is 13.2. The van der Waals surface area contributed by atoms with Crippen molar-refractivity contribution >= 4 is 17.6 Å². The molecule has 10 heteroatoms. The molecule has 2 aromatic rings. The average Bonchev–Trinajstić information content (AvgIpc) is 3.00. The van der Waals surface area contributed by atoms with Crippen molar-refractivity contribution in [2.75, 3.05) is 51.8 Å². The summed E-state index contributed by atoms with van der Waals surface area (Å²) in [5, 5.41) is 6.78. The fraction of sp³-hybridized carbons (Fsp3) is 0.500. The molecule has 1 aromatic heterocycles. The van der Waals surface area contributed by atoms with E-state index in [4.69, 9.17) is 18.7 Å². The molecule has 0 saturated carbocycles. The van der Waals surface area contributed by atoms with Crippen LogP contribution in [-0.4, -0.2) is 79.2 Å². The molecule has 3 amide bonds. The minimum atomic E-state index is -1.09. The van der Waals surface area contributed by atoms with E-state index in [2.05, 4.69) is 10.5 Å². The number of carbonyl (C=O) groups excluding carboxylic acids is 2. The summed E-state index contributed by atoms with van der Waals surface area (Å²) < 4.78 is 22.5. The van der Waals surface area contributed by atoms with Crippen LogP contribution in [-0.2, 0) is 9.47 Å². The molecule has 1 aromatic carbocycles. The molecule has 4 rings (SSSR count). The summed E-state index contributed by atoms with van der Waals surface area (Å²) in [6.45, 7) is 5.54. The number of nitrogens with one attached hydrogen (secondary N) is 1. The van der Waals surface area contributed by atoms with E-state index in [1.807, 2.05) is 12.1 Å². The summed E-state index contributed by atoms with van der Waals surface area (Å²) in [6.07, 6.45) is 0.663. The lowest BCUT2D eigenvalue weighted by Crippen LogP contribution is -2.60. The predicted octanol–water partition coefficient (Wildman–Crippen LogP) is 2.42. The Morgan fingerprint density at radius 1 is 1.12 bits per heavy atom. The number of amides is 3. The fourth-order valence-corrected chi connectivity index (χ4v) is 4.07. The second kappa shape index (κ2) is 9.17. The van der Waals surface area contributed by atoms with Crippen LogP contribution in [0.3, 0.4) is 0 Å². The summed E-state index contributed by atoms with van der Waals surface area (Å²) in [5.41, 5.74) is 1.65. The highest BCUT2D eigenvalue weighted by Crippen LogP contribution is 2.27. The van der Waals surface area contributed by atoms with Gasteiger partial charge in [-0.3, -0.25) is 4.79 Å². The van der Waals surface area contributed by atoms with E-state index in [-0.39, 0.29) is 25.0 Å². The molecule has 32 heavy (non-hydrogen) atoms. The van der Waals surface area contributed by atoms with Gasteiger partial charge in [-0.25, -0.2) is 4.79 Å². The number of hydrogen-bond donors (Lipinski definition) is 1. The number of methoxy groups -OCH3 is 1. The van der Waals surface area contributed by atoms with Crippen molar-refractivity contribution < 1.29 is 28.3 Å². The van der Waals surface area contributed by atoms with E-state index in [1.165, 1.54) is 0 Å². The SMILES string of the molecule is COc1cccc(NC(=O)N2CCOC3(C2)CN(C(=O)c2c(C)noc2C)CCCO3)c1. The van der Waals surface area contributed by atoms with Gasteiger partial charge in [-0.05, 0) is 32.4 Å². The quantitative estimate of drug-likeness (QED) is 0.775. The molecule has 1 atom stereocenters. The van der Waals surface area contributed by atoms with E-state index in [1.54, 1.807) is 42.9 Å². The van der Waals surface area contributed by atoms with Crippen molar-refractivity contribution in [2.45, 2.75) is 26.1 Å². The Labute approximate surface area is 186 Å². The number of ether oxygens (including phenoxy) is 3. The Balaban J connectivity index is 1.48. The van der Waals surface area contributed by atoms with Crippen molar-refractivity contribution in [1.29, 1.82) is 0 Å². The van der Waals surface area contributed by atoms with Gasteiger partial charge in [0.25, 0.3) is 5.91 Å². The smallest absolute Gasteiger partial charge is 0.322 e. The normalized spacial score (nSPS) is 21.3. The first-order valence-corrected chi connectivity index (χ1v) is 10.6. The second-order valence-corrected chi connectivity index (χ2v) is 7.97. The topological polar surface area (TPSA) is 106 Å². The number of hydrogen-bond acceptors (Lipinski definition) is 7. The Morgan fingerprint density at radius 3 is 2.66 bits per heavy atom. The summed E-state index contributed by atoms with van der Waals surface area (Å²) >= 11 is 0. The van der Waals surface area contributed by atoms with Gasteiger partial charge in [0.1, 0.15) is 17.1 Å². The van der Waals surface area contributed by atoms with Gasteiger partial charge in [-0.15, -0.1) is 0 Å². The molecule has 1 spiro atoms. The highest BCUT2D eigenvalue weighted by atomic mass is 16.7. The Hall–Kier alpha value is -3.11. The zero-order valence-electron chi connectivity index (χ0n) is 18.6. The van der Waals surface area contributed by atoms with Crippen molar-refractivity contribution in [3.8, 4) is 5.75 Å². The minimum absolute atomic E-state index is 0.173. The third-order valence-electron chi connectivity index (χ3n) is 5.67. The molecular formula is C22H28N4O6. The van der Waals surface area contributed by atoms with Crippen LogP contribution in [0.1, 0.15) is 28.2 Å². The molecule has 1 unspecified atom stereocenters. The summed E-state index contributed by atoms with van der Waals surface area (Å²) in [7, 11) is 1.58. The maximum Gasteiger partial charge on any atom is 0.322 e. The first kappa shape index (κ1) is 22.1. The monoisotopic (exact) mass is 444 g/mol. The molecule has 3 heterocycles. The summed E-state index contributed by atoms with van der Waals surface area (Å²) in [5.74, 6) is -0.125. The molecule has 0 bridgehead atoms. The van der Waals surface area contributed by atoms with Crippen LogP contribution < -0.4 is 10.1 Å². The lowest BCUT2D eigenvalue weighted by atomic mass is 10.1. The van der Waals surface area contributed by atoms with Crippen LogP contribution in [0.5, 0.6) is 5.75 Å². The average molecular weight is 444 g/mol. The van der Waals surface area contributed by atoms with Gasteiger partial charge >= 0.3 is 6.03 Å². The number of aromatic nitrogens is 1. The van der Waals surface area contributed by atoms with Gasteiger partial charge in [-0.1, -0.05) is 11.2 Å². The van der Waals surface area contributed by atoms with Gasteiger partial charge in [0.2, 0.25) is 5.79 Å². The number of rotatable bonds is 3. The molecule has 1 N–H and O–H groups in total. The van der Waals surface area contributed by atoms with E-state index in [9.17, 15) is 9.59 Å². The minimum Gasteiger partial charge on any atom is -0.497 e. The largest absolute Gasteiger partial charge is 0.497 e. The maximum atomic E-state index is 13.2. The van der Waals surface area contributed by atoms with Gasteiger partial charge < -0.3 is 33.9 Å². The van der Waals surface area contributed by atoms with E-state index >= 15 is 0 Å². The van der Waals surface area contributed by atoms with Crippen LogP contribution in [0.4, 0.5) is 10.5 Å². The van der Waals surface area contributed by atoms with Gasteiger partial charge in [0, 0.05) is 24.8 Å².